The van der Waals surface area contributed by atoms with Gasteiger partial charge in [0, 0.05) is 30.7 Å². The molecular formula is C29H34N2O4. The van der Waals surface area contributed by atoms with Crippen molar-refractivity contribution in [3.05, 3.63) is 77.6 Å². The van der Waals surface area contributed by atoms with Crippen LogP contribution < -0.4 is 14.4 Å². The van der Waals surface area contributed by atoms with Gasteiger partial charge in [0.1, 0.15) is 0 Å². The maximum atomic E-state index is 12.4. The van der Waals surface area contributed by atoms with Crippen LogP contribution in [-0.2, 0) is 12.0 Å². The molecule has 0 radical (unpaired) electrons. The van der Waals surface area contributed by atoms with Crippen LogP contribution in [0.5, 0.6) is 11.5 Å². The Morgan fingerprint density at radius 2 is 1.86 bits per heavy atom. The monoisotopic (exact) mass is 474 g/mol. The molecule has 0 atom stereocenters. The number of anilines is 2. The number of nitrogens with zero attached hydrogens (tertiary/aromatic N) is 2. The van der Waals surface area contributed by atoms with Crippen molar-refractivity contribution in [2.24, 2.45) is 0 Å². The molecule has 3 aromatic rings. The summed E-state index contributed by atoms with van der Waals surface area (Å²) in [5.41, 5.74) is 3.42. The van der Waals surface area contributed by atoms with Gasteiger partial charge in [-0.1, -0.05) is 39.0 Å². The van der Waals surface area contributed by atoms with Gasteiger partial charge in [0.05, 0.1) is 24.5 Å². The van der Waals surface area contributed by atoms with Gasteiger partial charge in [-0.3, -0.25) is 4.98 Å². The number of ether oxygens (including phenoxy) is 2. The van der Waals surface area contributed by atoms with E-state index in [0.717, 1.165) is 29.7 Å². The van der Waals surface area contributed by atoms with Crippen LogP contribution in [0, 0.1) is 0 Å². The van der Waals surface area contributed by atoms with Crippen molar-refractivity contribution in [3.8, 4) is 11.5 Å². The summed E-state index contributed by atoms with van der Waals surface area (Å²) >= 11 is 0. The summed E-state index contributed by atoms with van der Waals surface area (Å²) in [7, 11) is 1.64. The number of carboxylic acids is 1. The van der Waals surface area contributed by atoms with Gasteiger partial charge in [0.2, 0.25) is 0 Å². The maximum Gasteiger partial charge on any atom is 0.337 e. The smallest absolute Gasteiger partial charge is 0.337 e. The number of carbonyl (C=O) groups is 1. The zero-order chi connectivity index (χ0) is 25.0. The summed E-state index contributed by atoms with van der Waals surface area (Å²) in [5, 5.41) is 10.2. The molecule has 0 unspecified atom stereocenters. The lowest BCUT2D eigenvalue weighted by molar-refractivity contribution is 0.0697. The topological polar surface area (TPSA) is 71.9 Å². The Balaban J connectivity index is 1.89. The van der Waals surface area contributed by atoms with E-state index in [9.17, 15) is 9.90 Å². The number of pyridine rings is 1. The number of hydrogen-bond donors (Lipinski definition) is 1. The van der Waals surface area contributed by atoms with Gasteiger partial charge in [-0.2, -0.15) is 0 Å². The second kappa shape index (κ2) is 10.4. The van der Waals surface area contributed by atoms with Crippen LogP contribution in [0.4, 0.5) is 11.4 Å². The quantitative estimate of drug-likeness (QED) is 0.389. The zero-order valence-electron chi connectivity index (χ0n) is 21.0. The summed E-state index contributed by atoms with van der Waals surface area (Å²) in [6.45, 7) is 6.75. The van der Waals surface area contributed by atoms with Crippen LogP contribution in [0.1, 0.15) is 67.9 Å². The van der Waals surface area contributed by atoms with Gasteiger partial charge < -0.3 is 19.5 Å². The first-order valence-corrected chi connectivity index (χ1v) is 12.2. The van der Waals surface area contributed by atoms with Crippen LogP contribution in [0.25, 0.3) is 0 Å². The molecule has 0 aliphatic heterocycles. The van der Waals surface area contributed by atoms with Crippen molar-refractivity contribution >= 4 is 17.3 Å². The van der Waals surface area contributed by atoms with E-state index in [2.05, 4.69) is 30.7 Å². The fourth-order valence-electron chi connectivity index (χ4n) is 4.70. The van der Waals surface area contributed by atoms with Gasteiger partial charge >= 0.3 is 5.97 Å². The van der Waals surface area contributed by atoms with E-state index < -0.39 is 5.97 Å². The van der Waals surface area contributed by atoms with Gasteiger partial charge in [-0.05, 0) is 66.5 Å². The van der Waals surface area contributed by atoms with Crippen molar-refractivity contribution < 1.29 is 19.4 Å². The lowest BCUT2D eigenvalue weighted by atomic mass is 9.83. The second-order valence-corrected chi connectivity index (χ2v) is 10.1. The first-order chi connectivity index (χ1) is 16.8. The lowest BCUT2D eigenvalue weighted by Crippen LogP contribution is -2.25. The molecule has 0 amide bonds. The number of aromatic carboxylic acids is 1. The van der Waals surface area contributed by atoms with E-state index in [1.165, 1.54) is 12.8 Å². The predicted molar refractivity (Wildman–Crippen MR) is 138 cm³/mol. The van der Waals surface area contributed by atoms with Crippen molar-refractivity contribution in [3.63, 3.8) is 0 Å². The molecule has 1 aliphatic rings. The van der Waals surface area contributed by atoms with Crippen molar-refractivity contribution in [2.75, 3.05) is 12.0 Å². The predicted octanol–water partition coefficient (Wildman–Crippen LogP) is 6.75. The highest BCUT2D eigenvalue weighted by molar-refractivity contribution is 5.97. The van der Waals surface area contributed by atoms with Gasteiger partial charge in [0.15, 0.2) is 11.5 Å². The average molecular weight is 475 g/mol. The highest BCUT2D eigenvalue weighted by Gasteiger charge is 2.28. The van der Waals surface area contributed by atoms with Crippen LogP contribution in [0.2, 0.25) is 0 Å². The molecule has 6 nitrogen and oxygen atoms in total. The van der Waals surface area contributed by atoms with Gasteiger partial charge in [-0.15, -0.1) is 0 Å². The molecule has 1 heterocycles. The van der Waals surface area contributed by atoms with Crippen LogP contribution in [-0.4, -0.2) is 29.3 Å². The molecule has 1 N–H and O–H groups in total. The minimum atomic E-state index is -0.960. The first kappa shape index (κ1) is 24.6. The van der Waals surface area contributed by atoms with E-state index >= 15 is 0 Å². The van der Waals surface area contributed by atoms with Gasteiger partial charge in [-0.25, -0.2) is 4.79 Å². The van der Waals surface area contributed by atoms with E-state index in [0.29, 0.717) is 23.7 Å². The summed E-state index contributed by atoms with van der Waals surface area (Å²) in [4.78, 5) is 18.7. The second-order valence-electron chi connectivity index (χ2n) is 10.1. The Kier molecular flexibility index (Phi) is 7.29. The van der Waals surface area contributed by atoms with E-state index in [-0.39, 0.29) is 17.1 Å². The van der Waals surface area contributed by atoms with Crippen molar-refractivity contribution in [2.45, 2.75) is 64.5 Å². The maximum absolute atomic E-state index is 12.4. The third-order valence-corrected chi connectivity index (χ3v) is 6.46. The Morgan fingerprint density at radius 1 is 1.09 bits per heavy atom. The van der Waals surface area contributed by atoms with E-state index in [4.69, 9.17) is 9.47 Å². The Bertz CT molecular complexity index is 1170. The molecule has 4 rings (SSSR count). The highest BCUT2D eigenvalue weighted by Crippen LogP contribution is 2.42. The molecule has 0 bridgehead atoms. The number of rotatable bonds is 8. The van der Waals surface area contributed by atoms with Crippen LogP contribution in [0.15, 0.2) is 60.9 Å². The normalized spacial score (nSPS) is 14.1. The Hall–Kier alpha value is -3.54. The van der Waals surface area contributed by atoms with E-state index in [1.807, 2.05) is 48.7 Å². The first-order valence-electron chi connectivity index (χ1n) is 12.2. The Labute approximate surface area is 207 Å². The molecule has 6 heteroatoms. The molecule has 1 aromatic heterocycles. The fraction of sp³-hybridized carbons (Fsp3) is 0.379. The molecule has 0 spiro atoms. The summed E-state index contributed by atoms with van der Waals surface area (Å²) < 4.78 is 12.0. The van der Waals surface area contributed by atoms with Gasteiger partial charge in [0.25, 0.3) is 0 Å². The molecule has 184 valence electrons. The minimum Gasteiger partial charge on any atom is -0.493 e. The summed E-state index contributed by atoms with van der Waals surface area (Å²) in [5.74, 6) is 0.390. The summed E-state index contributed by atoms with van der Waals surface area (Å²) in [6, 6.07) is 15.2. The van der Waals surface area contributed by atoms with Crippen molar-refractivity contribution in [1.29, 1.82) is 0 Å². The average Bonchev–Trinajstić information content (AvgIpc) is 3.35. The SMILES string of the molecule is COc1ccc(N(Cc2cccnc2)c2c(C(=O)O)cccc2C(C)(C)C)cc1OC1CCCC1. The minimum absolute atomic E-state index is 0.169. The molecule has 1 aliphatic carbocycles. The molecular weight excluding hydrogens is 440 g/mol. The molecule has 35 heavy (non-hydrogen) atoms. The standard InChI is InChI=1S/C29H34N2O4/c1-29(2,3)24-13-7-12-23(28(32)33)27(24)31(19-20-9-8-16-30-18-20)21-14-15-25(34-4)26(17-21)35-22-10-5-6-11-22/h7-9,12-18,22H,5-6,10-11,19H2,1-4H3,(H,32,33). The number of carboxylic acid groups (broad SMARTS) is 1. The van der Waals surface area contributed by atoms with Crippen LogP contribution >= 0.6 is 0 Å². The molecule has 2 aromatic carbocycles. The van der Waals surface area contributed by atoms with E-state index in [1.54, 1.807) is 19.4 Å². The van der Waals surface area contributed by atoms with Crippen molar-refractivity contribution in [1.82, 2.24) is 4.98 Å². The largest absolute Gasteiger partial charge is 0.493 e. The summed E-state index contributed by atoms with van der Waals surface area (Å²) in [6.07, 6.45) is 8.11. The van der Waals surface area contributed by atoms with Crippen LogP contribution in [0.3, 0.4) is 0 Å². The lowest BCUT2D eigenvalue weighted by Gasteiger charge is -2.33. The molecule has 1 fully saturated rings. The Morgan fingerprint density at radius 3 is 2.49 bits per heavy atom. The highest BCUT2D eigenvalue weighted by atomic mass is 16.5. The number of para-hydroxylation sites is 1. The fourth-order valence-corrected chi connectivity index (χ4v) is 4.70. The number of methoxy groups -OCH3 is 1. The third kappa shape index (κ3) is 5.59. The molecule has 0 saturated heterocycles. The molecule has 1 saturated carbocycles. The third-order valence-electron chi connectivity index (χ3n) is 6.46. The number of hydrogen-bond acceptors (Lipinski definition) is 5. The number of benzene rings is 2. The number of aromatic nitrogens is 1. The zero-order valence-corrected chi connectivity index (χ0v) is 21.0.